The van der Waals surface area contributed by atoms with Gasteiger partial charge >= 0.3 is 5.97 Å². The highest BCUT2D eigenvalue weighted by molar-refractivity contribution is 5.84. The van der Waals surface area contributed by atoms with Gasteiger partial charge in [0.25, 0.3) is 0 Å². The van der Waals surface area contributed by atoms with Crippen molar-refractivity contribution in [3.05, 3.63) is 0 Å². The third-order valence-corrected chi connectivity index (χ3v) is 3.36. The number of nitrogens with one attached hydrogen (secondary N) is 1. The van der Waals surface area contributed by atoms with Gasteiger partial charge in [-0.25, -0.2) is 0 Å². The summed E-state index contributed by atoms with van der Waals surface area (Å²) in [7, 11) is 0. The maximum Gasteiger partial charge on any atom is 0.307 e. The second-order valence-electron chi connectivity index (χ2n) is 5.65. The molecule has 0 aromatic heterocycles. The first kappa shape index (κ1) is 16.9. The van der Waals surface area contributed by atoms with Gasteiger partial charge in [0.1, 0.15) is 0 Å². The Kier molecular flexibility index (Phi) is 7.64. The Morgan fingerprint density at radius 1 is 1.00 bits per heavy atom. The van der Waals surface area contributed by atoms with Crippen LogP contribution in [0.2, 0.25) is 0 Å². The number of hydrogen-bond acceptors (Lipinski definition) is 2. The molecule has 3 unspecified atom stereocenters. The van der Waals surface area contributed by atoms with Crippen molar-refractivity contribution in [2.75, 3.05) is 0 Å². The van der Waals surface area contributed by atoms with Gasteiger partial charge in [-0.3, -0.25) is 9.59 Å². The van der Waals surface area contributed by atoms with Crippen LogP contribution < -0.4 is 5.32 Å². The predicted molar refractivity (Wildman–Crippen MR) is 72.3 cm³/mol. The second kappa shape index (κ2) is 8.11. The van der Waals surface area contributed by atoms with Gasteiger partial charge in [-0.1, -0.05) is 40.5 Å². The number of rotatable bonds is 8. The molecule has 0 aliphatic rings. The van der Waals surface area contributed by atoms with Crippen LogP contribution in [0, 0.1) is 17.8 Å². The number of hydrogen-bond donors (Lipinski definition) is 2. The highest BCUT2D eigenvalue weighted by atomic mass is 16.4. The molecule has 106 valence electrons. The van der Waals surface area contributed by atoms with E-state index in [1.807, 2.05) is 6.92 Å². The van der Waals surface area contributed by atoms with Crippen LogP contribution in [0.1, 0.15) is 53.9 Å². The fraction of sp³-hybridized carbons (Fsp3) is 0.857. The van der Waals surface area contributed by atoms with Gasteiger partial charge in [0.2, 0.25) is 5.91 Å². The van der Waals surface area contributed by atoms with E-state index in [0.717, 1.165) is 19.3 Å². The average Bonchev–Trinajstić information content (AvgIpc) is 2.26. The molecular weight excluding hydrogens is 230 g/mol. The smallest absolute Gasteiger partial charge is 0.307 e. The summed E-state index contributed by atoms with van der Waals surface area (Å²) in [4.78, 5) is 22.6. The maximum atomic E-state index is 11.8. The molecule has 0 heterocycles. The van der Waals surface area contributed by atoms with Crippen molar-refractivity contribution in [2.24, 2.45) is 17.8 Å². The standard InChI is InChI=1S/C14H27NO3/c1-9(2)7-6-8-10(3)15-13(16)11(4)12(5)14(17)18/h9-12H,6-8H2,1-5H3,(H,15,16)(H,17,18). The molecule has 4 nitrogen and oxygen atoms in total. The topological polar surface area (TPSA) is 66.4 Å². The fourth-order valence-electron chi connectivity index (χ4n) is 1.72. The average molecular weight is 257 g/mol. The zero-order chi connectivity index (χ0) is 14.3. The molecule has 1 amide bonds. The van der Waals surface area contributed by atoms with E-state index in [2.05, 4.69) is 19.2 Å². The molecule has 0 saturated heterocycles. The van der Waals surface area contributed by atoms with Crippen molar-refractivity contribution < 1.29 is 14.7 Å². The highest BCUT2D eigenvalue weighted by Crippen LogP contribution is 2.13. The van der Waals surface area contributed by atoms with E-state index in [-0.39, 0.29) is 11.9 Å². The molecular formula is C14H27NO3. The van der Waals surface area contributed by atoms with Gasteiger partial charge in [0, 0.05) is 12.0 Å². The number of carboxylic acids is 1. The fourth-order valence-corrected chi connectivity index (χ4v) is 1.72. The van der Waals surface area contributed by atoms with Gasteiger partial charge in [0.15, 0.2) is 0 Å². The first-order valence-corrected chi connectivity index (χ1v) is 6.78. The lowest BCUT2D eigenvalue weighted by Crippen LogP contribution is -2.40. The van der Waals surface area contributed by atoms with Crippen LogP contribution in [0.25, 0.3) is 0 Å². The molecule has 0 aliphatic heterocycles. The zero-order valence-corrected chi connectivity index (χ0v) is 12.2. The van der Waals surface area contributed by atoms with E-state index in [4.69, 9.17) is 5.11 Å². The van der Waals surface area contributed by atoms with Crippen molar-refractivity contribution in [1.29, 1.82) is 0 Å². The summed E-state index contributed by atoms with van der Waals surface area (Å²) in [6.45, 7) is 9.56. The summed E-state index contributed by atoms with van der Waals surface area (Å²) in [5, 5.41) is 11.7. The minimum atomic E-state index is -0.926. The Balaban J connectivity index is 4.03. The lowest BCUT2D eigenvalue weighted by molar-refractivity contribution is -0.146. The normalized spacial score (nSPS) is 16.1. The highest BCUT2D eigenvalue weighted by Gasteiger charge is 2.26. The predicted octanol–water partition coefficient (Wildman–Crippen LogP) is 2.67. The van der Waals surface area contributed by atoms with Crippen molar-refractivity contribution in [1.82, 2.24) is 5.32 Å². The van der Waals surface area contributed by atoms with Crippen LogP contribution in [0.15, 0.2) is 0 Å². The summed E-state index contributed by atoms with van der Waals surface area (Å²) in [5.74, 6) is -1.55. The Morgan fingerprint density at radius 2 is 1.56 bits per heavy atom. The molecule has 18 heavy (non-hydrogen) atoms. The molecule has 0 bridgehead atoms. The molecule has 0 rings (SSSR count). The van der Waals surface area contributed by atoms with E-state index in [9.17, 15) is 9.59 Å². The number of aliphatic carboxylic acids is 1. The zero-order valence-electron chi connectivity index (χ0n) is 12.2. The molecule has 2 N–H and O–H groups in total. The third-order valence-electron chi connectivity index (χ3n) is 3.36. The van der Waals surface area contributed by atoms with Gasteiger partial charge in [-0.15, -0.1) is 0 Å². The van der Waals surface area contributed by atoms with E-state index >= 15 is 0 Å². The van der Waals surface area contributed by atoms with Crippen molar-refractivity contribution in [2.45, 2.75) is 59.9 Å². The minimum absolute atomic E-state index is 0.111. The molecule has 3 atom stereocenters. The van der Waals surface area contributed by atoms with Gasteiger partial charge in [-0.05, 0) is 19.3 Å². The summed E-state index contributed by atoms with van der Waals surface area (Å²) >= 11 is 0. The van der Waals surface area contributed by atoms with Crippen molar-refractivity contribution >= 4 is 11.9 Å². The van der Waals surface area contributed by atoms with E-state index in [1.54, 1.807) is 13.8 Å². The Morgan fingerprint density at radius 3 is 2.00 bits per heavy atom. The second-order valence-corrected chi connectivity index (χ2v) is 5.65. The van der Waals surface area contributed by atoms with E-state index < -0.39 is 17.8 Å². The largest absolute Gasteiger partial charge is 0.481 e. The number of carboxylic acid groups (broad SMARTS) is 1. The third kappa shape index (κ3) is 6.62. The Hall–Kier alpha value is -1.06. The lowest BCUT2D eigenvalue weighted by atomic mass is 9.95. The molecule has 0 spiro atoms. The molecule has 0 radical (unpaired) electrons. The number of carbonyl (C=O) groups excluding carboxylic acids is 1. The molecule has 0 aromatic carbocycles. The molecule has 0 saturated carbocycles. The maximum absolute atomic E-state index is 11.8. The van der Waals surface area contributed by atoms with Gasteiger partial charge < -0.3 is 10.4 Å². The van der Waals surface area contributed by atoms with Crippen LogP contribution in [0.3, 0.4) is 0 Å². The van der Waals surface area contributed by atoms with Crippen molar-refractivity contribution in [3.8, 4) is 0 Å². The lowest BCUT2D eigenvalue weighted by Gasteiger charge is -2.20. The first-order valence-electron chi connectivity index (χ1n) is 6.78. The molecule has 4 heteroatoms. The Bertz CT molecular complexity index is 276. The minimum Gasteiger partial charge on any atom is -0.481 e. The summed E-state index contributed by atoms with van der Waals surface area (Å²) in [6, 6.07) is 0.111. The number of carbonyl (C=O) groups is 2. The molecule has 0 aliphatic carbocycles. The monoisotopic (exact) mass is 257 g/mol. The van der Waals surface area contributed by atoms with Crippen molar-refractivity contribution in [3.63, 3.8) is 0 Å². The summed E-state index contributed by atoms with van der Waals surface area (Å²) in [5.41, 5.74) is 0. The SMILES string of the molecule is CC(C)CCCC(C)NC(=O)C(C)C(C)C(=O)O. The first-order chi connectivity index (χ1) is 8.25. The van der Waals surface area contributed by atoms with Crippen LogP contribution in [0.4, 0.5) is 0 Å². The van der Waals surface area contributed by atoms with Crippen LogP contribution >= 0.6 is 0 Å². The van der Waals surface area contributed by atoms with Crippen LogP contribution in [-0.4, -0.2) is 23.0 Å². The van der Waals surface area contributed by atoms with E-state index in [1.165, 1.54) is 0 Å². The van der Waals surface area contributed by atoms with Gasteiger partial charge in [0.05, 0.1) is 5.92 Å². The van der Waals surface area contributed by atoms with Gasteiger partial charge in [-0.2, -0.15) is 0 Å². The Labute approximate surface area is 110 Å². The summed E-state index contributed by atoms with van der Waals surface area (Å²) in [6.07, 6.45) is 3.18. The quantitative estimate of drug-likeness (QED) is 0.702. The number of amides is 1. The van der Waals surface area contributed by atoms with Crippen LogP contribution in [0.5, 0.6) is 0 Å². The van der Waals surface area contributed by atoms with Crippen LogP contribution in [-0.2, 0) is 9.59 Å². The van der Waals surface area contributed by atoms with E-state index in [0.29, 0.717) is 5.92 Å². The summed E-state index contributed by atoms with van der Waals surface area (Å²) < 4.78 is 0. The molecule has 0 aromatic rings. The molecule has 0 fully saturated rings.